The largest absolute Gasteiger partial charge is 0.355 e. The first-order valence-corrected chi connectivity index (χ1v) is 6.14. The minimum Gasteiger partial charge on any atom is -0.355 e. The SMILES string of the molecule is CC(C#N)c1cccc2c(-c3ccccc3)onc12. The fourth-order valence-corrected chi connectivity index (χ4v) is 2.20. The number of hydrogen-bond donors (Lipinski definition) is 0. The van der Waals surface area contributed by atoms with Gasteiger partial charge in [0.2, 0.25) is 0 Å². The third-order valence-electron chi connectivity index (χ3n) is 3.24. The highest BCUT2D eigenvalue weighted by molar-refractivity contribution is 5.93. The molecule has 0 aliphatic rings. The first kappa shape index (κ1) is 11.5. The van der Waals surface area contributed by atoms with Crippen LogP contribution in [0.15, 0.2) is 53.1 Å². The lowest BCUT2D eigenvalue weighted by atomic mass is 9.98. The second-order valence-corrected chi connectivity index (χ2v) is 4.47. The van der Waals surface area contributed by atoms with Crippen molar-refractivity contribution >= 4 is 10.9 Å². The Hall–Kier alpha value is -2.60. The summed E-state index contributed by atoms with van der Waals surface area (Å²) in [5.41, 5.74) is 2.67. The van der Waals surface area contributed by atoms with Crippen LogP contribution in [0.25, 0.3) is 22.2 Å². The van der Waals surface area contributed by atoms with Crippen LogP contribution in [0.5, 0.6) is 0 Å². The van der Waals surface area contributed by atoms with E-state index in [1.54, 1.807) is 0 Å². The molecular weight excluding hydrogens is 236 g/mol. The molecule has 1 heterocycles. The molecule has 3 heteroatoms. The molecule has 0 spiro atoms. The molecule has 3 nitrogen and oxygen atoms in total. The highest BCUT2D eigenvalue weighted by atomic mass is 16.5. The van der Waals surface area contributed by atoms with E-state index in [-0.39, 0.29) is 5.92 Å². The molecule has 3 aromatic rings. The number of benzene rings is 2. The Morgan fingerprint density at radius 3 is 2.63 bits per heavy atom. The lowest BCUT2D eigenvalue weighted by molar-refractivity contribution is 0.440. The molecule has 1 unspecified atom stereocenters. The molecule has 0 radical (unpaired) electrons. The fraction of sp³-hybridized carbons (Fsp3) is 0.125. The van der Waals surface area contributed by atoms with Crippen molar-refractivity contribution < 1.29 is 4.52 Å². The molecule has 0 amide bonds. The summed E-state index contributed by atoms with van der Waals surface area (Å²) in [6, 6.07) is 17.9. The van der Waals surface area contributed by atoms with Crippen LogP contribution in [0, 0.1) is 11.3 Å². The predicted molar refractivity (Wildman–Crippen MR) is 73.5 cm³/mol. The Labute approximate surface area is 111 Å². The van der Waals surface area contributed by atoms with Crippen molar-refractivity contribution in [3.8, 4) is 17.4 Å². The summed E-state index contributed by atoms with van der Waals surface area (Å²) < 4.78 is 5.48. The van der Waals surface area contributed by atoms with Crippen LogP contribution >= 0.6 is 0 Å². The predicted octanol–water partition coefficient (Wildman–Crippen LogP) is 4.12. The Morgan fingerprint density at radius 1 is 1.11 bits per heavy atom. The smallest absolute Gasteiger partial charge is 0.174 e. The van der Waals surface area contributed by atoms with E-state index < -0.39 is 0 Å². The zero-order chi connectivity index (χ0) is 13.2. The van der Waals surface area contributed by atoms with Crippen LogP contribution in [0.2, 0.25) is 0 Å². The molecule has 0 aliphatic carbocycles. The van der Waals surface area contributed by atoms with Crippen LogP contribution in [0.4, 0.5) is 0 Å². The normalized spacial score (nSPS) is 12.2. The van der Waals surface area contributed by atoms with Crippen molar-refractivity contribution in [3.63, 3.8) is 0 Å². The number of rotatable bonds is 2. The van der Waals surface area contributed by atoms with Crippen molar-refractivity contribution in [3.05, 3.63) is 54.1 Å². The second kappa shape index (κ2) is 4.58. The van der Waals surface area contributed by atoms with Gasteiger partial charge in [-0.1, -0.05) is 47.6 Å². The van der Waals surface area contributed by atoms with Gasteiger partial charge in [0.1, 0.15) is 5.52 Å². The van der Waals surface area contributed by atoms with Crippen molar-refractivity contribution in [1.29, 1.82) is 5.26 Å². The maximum atomic E-state index is 9.06. The van der Waals surface area contributed by atoms with Gasteiger partial charge in [-0.15, -0.1) is 0 Å². The maximum Gasteiger partial charge on any atom is 0.174 e. The van der Waals surface area contributed by atoms with Gasteiger partial charge in [0, 0.05) is 5.56 Å². The molecule has 92 valence electrons. The Kier molecular flexibility index (Phi) is 2.77. The van der Waals surface area contributed by atoms with E-state index in [0.29, 0.717) is 0 Å². The molecular formula is C16H12N2O. The Morgan fingerprint density at radius 2 is 1.89 bits per heavy atom. The first-order chi connectivity index (χ1) is 9.31. The van der Waals surface area contributed by atoms with Gasteiger partial charge in [0.05, 0.1) is 17.4 Å². The van der Waals surface area contributed by atoms with Crippen LogP contribution in [0.3, 0.4) is 0 Å². The topological polar surface area (TPSA) is 49.8 Å². The summed E-state index contributed by atoms with van der Waals surface area (Å²) in [4.78, 5) is 0. The minimum absolute atomic E-state index is 0.197. The number of nitriles is 1. The molecule has 2 aromatic carbocycles. The maximum absolute atomic E-state index is 9.06. The monoisotopic (exact) mass is 248 g/mol. The molecule has 0 saturated carbocycles. The van der Waals surface area contributed by atoms with E-state index >= 15 is 0 Å². The van der Waals surface area contributed by atoms with Crippen molar-refractivity contribution in [2.24, 2.45) is 0 Å². The quantitative estimate of drug-likeness (QED) is 0.685. The van der Waals surface area contributed by atoms with Gasteiger partial charge in [-0.2, -0.15) is 5.26 Å². The summed E-state index contributed by atoms with van der Waals surface area (Å²) >= 11 is 0. The van der Waals surface area contributed by atoms with Gasteiger partial charge in [0.25, 0.3) is 0 Å². The van der Waals surface area contributed by atoms with Crippen LogP contribution < -0.4 is 0 Å². The van der Waals surface area contributed by atoms with Crippen molar-refractivity contribution in [2.45, 2.75) is 12.8 Å². The average Bonchev–Trinajstić information content (AvgIpc) is 2.91. The van der Waals surface area contributed by atoms with E-state index in [4.69, 9.17) is 9.78 Å². The Balaban J connectivity index is 2.24. The molecule has 1 aromatic heterocycles. The zero-order valence-corrected chi connectivity index (χ0v) is 10.5. The second-order valence-electron chi connectivity index (χ2n) is 4.47. The van der Waals surface area contributed by atoms with Gasteiger partial charge in [-0.3, -0.25) is 0 Å². The van der Waals surface area contributed by atoms with E-state index in [1.807, 2.05) is 55.5 Å². The van der Waals surface area contributed by atoms with Gasteiger partial charge in [-0.05, 0) is 18.6 Å². The molecule has 0 aliphatic heterocycles. The molecule has 0 fully saturated rings. The third kappa shape index (κ3) is 1.88. The standard InChI is InChI=1S/C16H12N2O/c1-11(10-17)13-8-5-9-14-15(13)18-19-16(14)12-6-3-2-4-7-12/h2-9,11H,1H3. The van der Waals surface area contributed by atoms with Crippen molar-refractivity contribution in [1.82, 2.24) is 5.16 Å². The highest BCUT2D eigenvalue weighted by Crippen LogP contribution is 2.32. The molecule has 1 atom stereocenters. The van der Waals surface area contributed by atoms with E-state index in [9.17, 15) is 0 Å². The average molecular weight is 248 g/mol. The van der Waals surface area contributed by atoms with Gasteiger partial charge < -0.3 is 4.52 Å². The molecule has 0 saturated heterocycles. The van der Waals surface area contributed by atoms with Crippen LogP contribution in [-0.2, 0) is 0 Å². The molecule has 3 rings (SSSR count). The zero-order valence-electron chi connectivity index (χ0n) is 10.5. The van der Waals surface area contributed by atoms with E-state index in [1.165, 1.54) is 0 Å². The van der Waals surface area contributed by atoms with Crippen LogP contribution in [0.1, 0.15) is 18.4 Å². The van der Waals surface area contributed by atoms with Gasteiger partial charge in [-0.25, -0.2) is 0 Å². The number of hydrogen-bond acceptors (Lipinski definition) is 3. The summed E-state index contributed by atoms with van der Waals surface area (Å²) in [5.74, 6) is 0.556. The summed E-state index contributed by atoms with van der Waals surface area (Å²) in [6.07, 6.45) is 0. The van der Waals surface area contributed by atoms with E-state index in [0.717, 1.165) is 27.8 Å². The lowest BCUT2D eigenvalue weighted by Gasteiger charge is -2.02. The molecule has 0 N–H and O–H groups in total. The lowest BCUT2D eigenvalue weighted by Crippen LogP contribution is -1.90. The summed E-state index contributed by atoms with van der Waals surface area (Å²) in [6.45, 7) is 1.87. The highest BCUT2D eigenvalue weighted by Gasteiger charge is 2.16. The molecule has 0 bridgehead atoms. The third-order valence-corrected chi connectivity index (χ3v) is 3.24. The number of fused-ring (bicyclic) bond motifs is 1. The van der Waals surface area contributed by atoms with Crippen molar-refractivity contribution in [2.75, 3.05) is 0 Å². The van der Waals surface area contributed by atoms with Gasteiger partial charge in [0.15, 0.2) is 5.76 Å². The molecule has 19 heavy (non-hydrogen) atoms. The van der Waals surface area contributed by atoms with E-state index in [2.05, 4.69) is 11.2 Å². The minimum atomic E-state index is -0.197. The summed E-state index contributed by atoms with van der Waals surface area (Å²) in [7, 11) is 0. The van der Waals surface area contributed by atoms with Crippen LogP contribution in [-0.4, -0.2) is 5.16 Å². The summed E-state index contributed by atoms with van der Waals surface area (Å²) in [5, 5.41) is 14.2. The van der Waals surface area contributed by atoms with Gasteiger partial charge >= 0.3 is 0 Å². The first-order valence-electron chi connectivity index (χ1n) is 6.14. The fourth-order valence-electron chi connectivity index (χ4n) is 2.20. The Bertz CT molecular complexity index is 753. The number of nitrogens with zero attached hydrogens (tertiary/aromatic N) is 2. The number of aromatic nitrogens is 1.